The number of H-pyrrole nitrogens is 1. The summed E-state index contributed by atoms with van der Waals surface area (Å²) in [6, 6.07) is 12.1. The van der Waals surface area contributed by atoms with E-state index in [2.05, 4.69) is 10.3 Å². The number of aromatic nitrogens is 1. The van der Waals surface area contributed by atoms with Gasteiger partial charge in [-0.25, -0.2) is 9.59 Å². The third-order valence-corrected chi connectivity index (χ3v) is 6.95. The van der Waals surface area contributed by atoms with Gasteiger partial charge in [0, 0.05) is 41.7 Å². The zero-order valence-corrected chi connectivity index (χ0v) is 19.8. The lowest BCUT2D eigenvalue weighted by Crippen LogP contribution is -2.45. The Morgan fingerprint density at radius 2 is 1.86 bits per heavy atom. The van der Waals surface area contributed by atoms with Gasteiger partial charge in [0.05, 0.1) is 12.7 Å². The van der Waals surface area contributed by atoms with Crippen molar-refractivity contribution in [2.75, 3.05) is 20.2 Å². The van der Waals surface area contributed by atoms with Crippen LogP contribution >= 0.6 is 0 Å². The third kappa shape index (κ3) is 3.73. The highest BCUT2D eigenvalue weighted by Gasteiger charge is 2.49. The summed E-state index contributed by atoms with van der Waals surface area (Å²) in [5.41, 5.74) is 3.72. The Labute approximate surface area is 202 Å². The summed E-state index contributed by atoms with van der Waals surface area (Å²) in [4.78, 5) is 57.1. The molecule has 3 aromatic rings. The van der Waals surface area contributed by atoms with Gasteiger partial charge < -0.3 is 19.9 Å². The van der Waals surface area contributed by atoms with Gasteiger partial charge in [-0.15, -0.1) is 0 Å². The quantitative estimate of drug-likeness (QED) is 0.446. The average Bonchev–Trinajstić information content (AvgIpc) is 3.33. The maximum atomic E-state index is 13.2. The molecule has 1 saturated heterocycles. The summed E-state index contributed by atoms with van der Waals surface area (Å²) >= 11 is 0. The van der Waals surface area contributed by atoms with Crippen LogP contribution in [0.25, 0.3) is 10.9 Å². The molecule has 1 atom stereocenters. The van der Waals surface area contributed by atoms with Crippen molar-refractivity contribution in [1.82, 2.24) is 20.1 Å². The Kier molecular flexibility index (Phi) is 5.35. The van der Waals surface area contributed by atoms with Gasteiger partial charge in [0.25, 0.3) is 5.91 Å². The number of urea groups is 1. The molecule has 35 heavy (non-hydrogen) atoms. The highest BCUT2D eigenvalue weighted by Crippen LogP contribution is 2.31. The van der Waals surface area contributed by atoms with Gasteiger partial charge in [-0.3, -0.25) is 14.5 Å². The van der Waals surface area contributed by atoms with Gasteiger partial charge in [0.1, 0.15) is 12.1 Å². The number of fused-ring (bicyclic) bond motifs is 3. The van der Waals surface area contributed by atoms with Crippen LogP contribution in [0.2, 0.25) is 0 Å². The molecule has 2 N–H and O–H groups in total. The van der Waals surface area contributed by atoms with Crippen LogP contribution < -0.4 is 5.32 Å². The van der Waals surface area contributed by atoms with Crippen LogP contribution in [0.15, 0.2) is 42.5 Å². The summed E-state index contributed by atoms with van der Waals surface area (Å²) in [5, 5.41) is 3.60. The average molecular weight is 475 g/mol. The van der Waals surface area contributed by atoms with E-state index in [1.165, 1.54) is 7.11 Å². The van der Waals surface area contributed by atoms with E-state index in [0.717, 1.165) is 32.6 Å². The summed E-state index contributed by atoms with van der Waals surface area (Å²) in [7, 11) is 1.33. The maximum absolute atomic E-state index is 13.2. The second kappa shape index (κ2) is 8.26. The van der Waals surface area contributed by atoms with E-state index in [1.807, 2.05) is 37.3 Å². The van der Waals surface area contributed by atoms with Crippen molar-refractivity contribution in [3.8, 4) is 0 Å². The summed E-state index contributed by atoms with van der Waals surface area (Å²) in [6.07, 6.45) is 0.602. The van der Waals surface area contributed by atoms with Gasteiger partial charge in [-0.05, 0) is 37.6 Å². The van der Waals surface area contributed by atoms with E-state index in [-0.39, 0.29) is 12.5 Å². The standard InChI is InChI=1S/C26H26N4O5/c1-15-4-7-17(8-5-15)26(2)24(33)30(25(34)28-26)14-22(31)29-11-10-21-19(13-29)18-12-16(23(32)35-3)6-9-20(18)27-21/h4-9,12,27H,10-11,13-14H2,1-3H3,(H,28,34). The summed E-state index contributed by atoms with van der Waals surface area (Å²) < 4.78 is 4.83. The number of aromatic amines is 1. The van der Waals surface area contributed by atoms with Crippen LogP contribution in [0.3, 0.4) is 0 Å². The first-order chi connectivity index (χ1) is 16.7. The lowest BCUT2D eigenvalue weighted by Gasteiger charge is -2.29. The predicted molar refractivity (Wildman–Crippen MR) is 128 cm³/mol. The fourth-order valence-electron chi connectivity index (χ4n) is 4.83. The molecule has 1 fully saturated rings. The molecule has 9 nitrogen and oxygen atoms in total. The number of carbonyl (C=O) groups excluding carboxylic acids is 4. The minimum atomic E-state index is -1.22. The summed E-state index contributed by atoms with van der Waals surface area (Å²) in [6.45, 7) is 4.04. The van der Waals surface area contributed by atoms with E-state index in [9.17, 15) is 19.2 Å². The molecule has 180 valence electrons. The Hall–Kier alpha value is -4.14. The van der Waals surface area contributed by atoms with E-state index >= 15 is 0 Å². The number of imide groups is 1. The molecule has 0 radical (unpaired) electrons. The van der Waals surface area contributed by atoms with Gasteiger partial charge >= 0.3 is 12.0 Å². The number of hydrogen-bond donors (Lipinski definition) is 2. The Morgan fingerprint density at radius 3 is 2.57 bits per heavy atom. The normalized spacial score (nSPS) is 19.6. The molecule has 2 aromatic carbocycles. The van der Waals surface area contributed by atoms with Gasteiger partial charge in [0.2, 0.25) is 5.91 Å². The van der Waals surface area contributed by atoms with Crippen LogP contribution in [-0.4, -0.2) is 58.8 Å². The molecule has 1 unspecified atom stereocenters. The number of hydrogen-bond acceptors (Lipinski definition) is 5. The highest BCUT2D eigenvalue weighted by molar-refractivity contribution is 6.09. The molecule has 3 heterocycles. The van der Waals surface area contributed by atoms with Gasteiger partial charge in [0.15, 0.2) is 0 Å². The zero-order valence-electron chi connectivity index (χ0n) is 19.8. The maximum Gasteiger partial charge on any atom is 0.337 e. The molecule has 5 rings (SSSR count). The Morgan fingerprint density at radius 1 is 1.11 bits per heavy atom. The second-order valence-electron chi connectivity index (χ2n) is 9.21. The van der Waals surface area contributed by atoms with Gasteiger partial charge in [-0.1, -0.05) is 29.8 Å². The Balaban J connectivity index is 1.35. The smallest absolute Gasteiger partial charge is 0.337 e. The predicted octanol–water partition coefficient (Wildman–Crippen LogP) is 2.61. The van der Waals surface area contributed by atoms with Crippen LogP contribution in [0, 0.1) is 6.92 Å². The number of aryl methyl sites for hydroxylation is 1. The number of esters is 1. The van der Waals surface area contributed by atoms with Crippen molar-refractivity contribution in [1.29, 1.82) is 0 Å². The Bertz CT molecular complexity index is 1380. The fraction of sp³-hybridized carbons (Fsp3) is 0.308. The van der Waals surface area contributed by atoms with Crippen molar-refractivity contribution in [3.63, 3.8) is 0 Å². The monoisotopic (exact) mass is 474 g/mol. The molecule has 0 saturated carbocycles. The molecular weight excluding hydrogens is 448 g/mol. The van der Waals surface area contributed by atoms with Crippen LogP contribution in [0.4, 0.5) is 4.79 Å². The largest absolute Gasteiger partial charge is 0.465 e. The van der Waals surface area contributed by atoms with Gasteiger partial charge in [-0.2, -0.15) is 0 Å². The van der Waals surface area contributed by atoms with Crippen molar-refractivity contribution in [3.05, 3.63) is 70.4 Å². The molecule has 2 aliphatic rings. The van der Waals surface area contributed by atoms with Crippen LogP contribution in [0.5, 0.6) is 0 Å². The molecule has 0 bridgehead atoms. The van der Waals surface area contributed by atoms with Crippen LogP contribution in [0.1, 0.15) is 39.7 Å². The number of carbonyl (C=O) groups is 4. The van der Waals surface area contributed by atoms with Crippen molar-refractivity contribution in [2.24, 2.45) is 0 Å². The zero-order chi connectivity index (χ0) is 24.9. The van der Waals surface area contributed by atoms with Crippen molar-refractivity contribution >= 4 is 34.7 Å². The molecule has 0 spiro atoms. The van der Waals surface area contributed by atoms with E-state index in [0.29, 0.717) is 30.6 Å². The molecule has 9 heteroatoms. The molecular formula is C26H26N4O5. The highest BCUT2D eigenvalue weighted by atomic mass is 16.5. The third-order valence-electron chi connectivity index (χ3n) is 6.95. The molecule has 1 aromatic heterocycles. The minimum absolute atomic E-state index is 0.314. The second-order valence-corrected chi connectivity index (χ2v) is 9.21. The number of methoxy groups -OCH3 is 1. The molecule has 0 aliphatic carbocycles. The lowest BCUT2D eigenvalue weighted by molar-refractivity contribution is -0.139. The minimum Gasteiger partial charge on any atom is -0.465 e. The number of rotatable bonds is 4. The number of nitrogens with zero attached hydrogens (tertiary/aromatic N) is 2. The number of nitrogens with one attached hydrogen (secondary N) is 2. The number of benzene rings is 2. The number of ether oxygens (including phenoxy) is 1. The topological polar surface area (TPSA) is 112 Å². The van der Waals surface area contributed by atoms with Crippen molar-refractivity contribution < 1.29 is 23.9 Å². The first-order valence-electron chi connectivity index (χ1n) is 11.4. The van der Waals surface area contributed by atoms with E-state index < -0.39 is 23.4 Å². The summed E-state index contributed by atoms with van der Waals surface area (Å²) in [5.74, 6) is -1.20. The first-order valence-corrected chi connectivity index (χ1v) is 11.4. The van der Waals surface area contributed by atoms with Crippen LogP contribution in [-0.2, 0) is 32.8 Å². The molecule has 2 aliphatic heterocycles. The van der Waals surface area contributed by atoms with Crippen molar-refractivity contribution in [2.45, 2.75) is 32.4 Å². The molecule has 4 amide bonds. The number of amides is 4. The van der Waals surface area contributed by atoms with E-state index in [4.69, 9.17) is 4.74 Å². The lowest BCUT2D eigenvalue weighted by atomic mass is 9.91. The fourth-order valence-corrected chi connectivity index (χ4v) is 4.83. The van der Waals surface area contributed by atoms with E-state index in [1.54, 1.807) is 24.0 Å². The SMILES string of the molecule is COC(=O)c1ccc2[nH]c3c(c2c1)CN(C(=O)CN1C(=O)NC(C)(c2ccc(C)cc2)C1=O)CC3. The first kappa shape index (κ1) is 22.6.